The van der Waals surface area contributed by atoms with Crippen LogP contribution in [0.3, 0.4) is 0 Å². The number of carbonyl (C=O) groups is 1. The largest absolute Gasteiger partial charge is 0.496 e. The fraction of sp³-hybridized carbons (Fsp3) is 0.478. The van der Waals surface area contributed by atoms with Crippen LogP contribution in [-0.2, 0) is 6.54 Å². The van der Waals surface area contributed by atoms with Crippen LogP contribution in [0, 0.1) is 6.92 Å². The van der Waals surface area contributed by atoms with Gasteiger partial charge in [0, 0.05) is 44.2 Å². The molecular weight excluding hydrogens is 368 g/mol. The zero-order valence-corrected chi connectivity index (χ0v) is 17.1. The van der Waals surface area contributed by atoms with Crippen molar-refractivity contribution >= 4 is 5.91 Å². The van der Waals surface area contributed by atoms with Gasteiger partial charge in [-0.25, -0.2) is 4.79 Å². The maximum absolute atomic E-state index is 13.0. The predicted octanol–water partition coefficient (Wildman–Crippen LogP) is 3.18. The van der Waals surface area contributed by atoms with E-state index in [-0.39, 0.29) is 11.5 Å². The van der Waals surface area contributed by atoms with Gasteiger partial charge in [-0.15, -0.1) is 0 Å². The topological polar surface area (TPSA) is 63.0 Å². The molecule has 0 spiro atoms. The van der Waals surface area contributed by atoms with Crippen LogP contribution in [0.25, 0.3) is 0 Å². The molecule has 2 fully saturated rings. The second-order valence-electron chi connectivity index (χ2n) is 8.00. The summed E-state index contributed by atoms with van der Waals surface area (Å²) < 4.78 is 10.9. The van der Waals surface area contributed by atoms with E-state index >= 15 is 0 Å². The van der Waals surface area contributed by atoms with Crippen molar-refractivity contribution in [2.75, 3.05) is 33.3 Å². The van der Waals surface area contributed by atoms with Crippen molar-refractivity contribution < 1.29 is 13.9 Å². The van der Waals surface area contributed by atoms with Gasteiger partial charge in [-0.05, 0) is 37.5 Å². The average Bonchev–Trinajstić information content (AvgIpc) is 2.67. The molecule has 1 aromatic heterocycles. The summed E-state index contributed by atoms with van der Waals surface area (Å²) in [6.45, 7) is 5.32. The molecule has 154 valence electrons. The van der Waals surface area contributed by atoms with Crippen molar-refractivity contribution in [3.63, 3.8) is 0 Å². The Labute approximate surface area is 171 Å². The molecule has 6 nitrogen and oxygen atoms in total. The Morgan fingerprint density at radius 3 is 2.52 bits per heavy atom. The zero-order chi connectivity index (χ0) is 20.4. The first-order valence-corrected chi connectivity index (χ1v) is 10.3. The van der Waals surface area contributed by atoms with E-state index in [0.29, 0.717) is 19.0 Å². The highest BCUT2D eigenvalue weighted by atomic mass is 16.5. The lowest BCUT2D eigenvalue weighted by molar-refractivity contribution is 0.0621. The van der Waals surface area contributed by atoms with Gasteiger partial charge in [-0.1, -0.05) is 24.6 Å². The fourth-order valence-electron chi connectivity index (χ4n) is 4.13. The van der Waals surface area contributed by atoms with E-state index in [0.717, 1.165) is 55.1 Å². The molecule has 0 radical (unpaired) electrons. The van der Waals surface area contributed by atoms with Gasteiger partial charge < -0.3 is 14.1 Å². The van der Waals surface area contributed by atoms with E-state index in [1.165, 1.54) is 6.42 Å². The van der Waals surface area contributed by atoms with Gasteiger partial charge >= 0.3 is 5.63 Å². The van der Waals surface area contributed by atoms with E-state index < -0.39 is 5.63 Å². The molecule has 1 saturated heterocycles. The number of methoxy groups -OCH3 is 1. The summed E-state index contributed by atoms with van der Waals surface area (Å²) in [4.78, 5) is 29.6. The van der Waals surface area contributed by atoms with Crippen molar-refractivity contribution in [2.24, 2.45) is 0 Å². The maximum Gasteiger partial charge on any atom is 0.349 e. The Morgan fingerprint density at radius 1 is 1.17 bits per heavy atom. The molecule has 0 atom stereocenters. The molecule has 0 unspecified atom stereocenters. The Balaban J connectivity index is 1.41. The Kier molecular flexibility index (Phi) is 5.72. The number of nitrogens with zero attached hydrogens (tertiary/aromatic N) is 2. The van der Waals surface area contributed by atoms with Gasteiger partial charge in [0.2, 0.25) is 0 Å². The van der Waals surface area contributed by atoms with Crippen molar-refractivity contribution in [3.8, 4) is 5.75 Å². The van der Waals surface area contributed by atoms with Crippen LogP contribution in [0.5, 0.6) is 5.75 Å². The standard InChI is InChI=1S/C23H28N2O4/c1-16-14-20(17-7-5-8-17)29-23(27)21(16)22(26)25-12-10-24(11-13-25)15-18-6-3-4-9-19(18)28-2/h3-4,6,9,14,17H,5,7-8,10-13,15H2,1-2H3. The van der Waals surface area contributed by atoms with Crippen LogP contribution in [0.2, 0.25) is 0 Å². The van der Waals surface area contributed by atoms with Crippen molar-refractivity contribution in [1.82, 2.24) is 9.80 Å². The summed E-state index contributed by atoms with van der Waals surface area (Å²) >= 11 is 0. The van der Waals surface area contributed by atoms with Crippen molar-refractivity contribution in [3.05, 3.63) is 63.2 Å². The van der Waals surface area contributed by atoms with Crippen molar-refractivity contribution in [2.45, 2.75) is 38.6 Å². The predicted molar refractivity (Wildman–Crippen MR) is 110 cm³/mol. The lowest BCUT2D eigenvalue weighted by atomic mass is 9.83. The second-order valence-corrected chi connectivity index (χ2v) is 8.00. The summed E-state index contributed by atoms with van der Waals surface area (Å²) in [5.74, 6) is 1.74. The number of para-hydroxylation sites is 1. The van der Waals surface area contributed by atoms with Crippen LogP contribution in [0.4, 0.5) is 0 Å². The lowest BCUT2D eigenvalue weighted by Crippen LogP contribution is -2.49. The van der Waals surface area contributed by atoms with E-state index in [2.05, 4.69) is 11.0 Å². The SMILES string of the molecule is COc1ccccc1CN1CCN(C(=O)c2c(C)cc(C3CCC3)oc2=O)CC1. The van der Waals surface area contributed by atoms with Crippen LogP contribution in [0.1, 0.15) is 52.4 Å². The van der Waals surface area contributed by atoms with E-state index in [1.54, 1.807) is 12.0 Å². The number of ether oxygens (including phenoxy) is 1. The highest BCUT2D eigenvalue weighted by Gasteiger charge is 2.29. The fourth-order valence-corrected chi connectivity index (χ4v) is 4.13. The molecule has 1 aromatic carbocycles. The lowest BCUT2D eigenvalue weighted by Gasteiger charge is -2.35. The number of rotatable bonds is 5. The molecule has 2 aromatic rings. The minimum atomic E-state index is -0.492. The quantitative estimate of drug-likeness (QED) is 0.777. The highest BCUT2D eigenvalue weighted by Crippen LogP contribution is 2.36. The summed E-state index contributed by atoms with van der Waals surface area (Å²) in [6.07, 6.45) is 3.29. The molecule has 0 N–H and O–H groups in total. The first kappa shape index (κ1) is 19.7. The molecule has 2 aliphatic rings. The molecule has 1 aliphatic heterocycles. The van der Waals surface area contributed by atoms with Gasteiger partial charge in [0.1, 0.15) is 17.1 Å². The number of amides is 1. The number of hydrogen-bond donors (Lipinski definition) is 0. The van der Waals surface area contributed by atoms with E-state index in [1.807, 2.05) is 31.2 Å². The van der Waals surface area contributed by atoms with Crippen molar-refractivity contribution in [1.29, 1.82) is 0 Å². The Morgan fingerprint density at radius 2 is 1.90 bits per heavy atom. The third-order valence-corrected chi connectivity index (χ3v) is 6.14. The summed E-state index contributed by atoms with van der Waals surface area (Å²) in [5.41, 5.74) is 1.56. The Bertz CT molecular complexity index is 940. The average molecular weight is 396 g/mol. The molecule has 1 saturated carbocycles. The monoisotopic (exact) mass is 396 g/mol. The third-order valence-electron chi connectivity index (χ3n) is 6.14. The van der Waals surface area contributed by atoms with Crippen LogP contribution < -0.4 is 10.4 Å². The second kappa shape index (κ2) is 8.41. The van der Waals surface area contributed by atoms with E-state index in [4.69, 9.17) is 9.15 Å². The highest BCUT2D eigenvalue weighted by molar-refractivity contribution is 5.95. The molecule has 2 heterocycles. The summed E-state index contributed by atoms with van der Waals surface area (Å²) in [5, 5.41) is 0. The van der Waals surface area contributed by atoms with Gasteiger partial charge in [0.25, 0.3) is 5.91 Å². The number of hydrogen-bond acceptors (Lipinski definition) is 5. The van der Waals surface area contributed by atoms with Gasteiger partial charge in [-0.2, -0.15) is 0 Å². The number of carbonyl (C=O) groups excluding carboxylic acids is 1. The van der Waals surface area contributed by atoms with Crippen LogP contribution >= 0.6 is 0 Å². The third kappa shape index (κ3) is 4.08. The van der Waals surface area contributed by atoms with Gasteiger partial charge in [0.15, 0.2) is 0 Å². The molecule has 6 heteroatoms. The van der Waals surface area contributed by atoms with Crippen LogP contribution in [0.15, 0.2) is 39.5 Å². The van der Waals surface area contributed by atoms with Gasteiger partial charge in [-0.3, -0.25) is 9.69 Å². The molecule has 4 rings (SSSR count). The summed E-state index contributed by atoms with van der Waals surface area (Å²) in [6, 6.07) is 9.88. The first-order chi connectivity index (χ1) is 14.1. The smallest absolute Gasteiger partial charge is 0.349 e. The minimum absolute atomic E-state index is 0.186. The molecular formula is C23H28N2O4. The normalized spacial score (nSPS) is 17.8. The van der Waals surface area contributed by atoms with E-state index in [9.17, 15) is 9.59 Å². The Hall–Kier alpha value is -2.60. The zero-order valence-electron chi connectivity index (χ0n) is 17.1. The molecule has 1 amide bonds. The molecule has 29 heavy (non-hydrogen) atoms. The maximum atomic E-state index is 13.0. The van der Waals surface area contributed by atoms with Gasteiger partial charge in [0.05, 0.1) is 7.11 Å². The minimum Gasteiger partial charge on any atom is -0.496 e. The number of aryl methyl sites for hydroxylation is 1. The number of benzene rings is 1. The first-order valence-electron chi connectivity index (χ1n) is 10.3. The molecule has 1 aliphatic carbocycles. The summed E-state index contributed by atoms with van der Waals surface area (Å²) in [7, 11) is 1.68. The number of piperazine rings is 1. The molecule has 0 bridgehead atoms. The van der Waals surface area contributed by atoms with Crippen LogP contribution in [-0.4, -0.2) is 49.0 Å².